The van der Waals surface area contributed by atoms with Crippen LogP contribution in [0.5, 0.6) is 0 Å². The Hall–Kier alpha value is -2.36. The van der Waals surface area contributed by atoms with Crippen molar-refractivity contribution < 1.29 is 4.84 Å². The number of hydrogen-bond donors (Lipinski definition) is 0. The van der Waals surface area contributed by atoms with Crippen molar-refractivity contribution in [2.75, 3.05) is 0 Å². The first-order valence-corrected chi connectivity index (χ1v) is 5.38. The fourth-order valence-electron chi connectivity index (χ4n) is 1.68. The normalized spacial score (nSPS) is 10.6. The number of fused-ring (bicyclic) bond motifs is 1. The van der Waals surface area contributed by atoms with Crippen LogP contribution in [0.4, 0.5) is 0 Å². The van der Waals surface area contributed by atoms with Crippen LogP contribution in [0.25, 0.3) is 11.0 Å². The van der Waals surface area contributed by atoms with Crippen LogP contribution in [0.15, 0.2) is 55.1 Å². The van der Waals surface area contributed by atoms with Crippen LogP contribution in [0.2, 0.25) is 0 Å². The molecule has 0 radical (unpaired) electrons. The maximum Gasteiger partial charge on any atom is 0.141 e. The van der Waals surface area contributed by atoms with Crippen LogP contribution >= 0.6 is 0 Å². The number of rotatable bonds is 3. The summed E-state index contributed by atoms with van der Waals surface area (Å²) in [4.78, 5) is 14.0. The van der Waals surface area contributed by atoms with E-state index in [4.69, 9.17) is 4.84 Å². The molecule has 0 aliphatic carbocycles. The molecule has 4 heteroatoms. The molecule has 0 aromatic carbocycles. The molecular weight excluding hydrogens is 214 g/mol. The summed E-state index contributed by atoms with van der Waals surface area (Å²) in [5.41, 5.74) is 2.94. The molecule has 0 aliphatic rings. The van der Waals surface area contributed by atoms with Crippen LogP contribution in [-0.4, -0.2) is 14.7 Å². The maximum absolute atomic E-state index is 5.68. The number of hydrogen-bond acceptors (Lipinski definition) is 3. The first kappa shape index (κ1) is 9.84. The van der Waals surface area contributed by atoms with Gasteiger partial charge in [0.2, 0.25) is 0 Å². The molecule has 3 rings (SSSR count). The van der Waals surface area contributed by atoms with Gasteiger partial charge in [0.1, 0.15) is 12.1 Å². The van der Waals surface area contributed by atoms with Gasteiger partial charge in [0.05, 0.1) is 5.52 Å². The summed E-state index contributed by atoms with van der Waals surface area (Å²) >= 11 is 0. The van der Waals surface area contributed by atoms with Crippen molar-refractivity contribution in [1.82, 2.24) is 14.7 Å². The molecule has 0 saturated heterocycles. The second-order valence-electron chi connectivity index (χ2n) is 3.68. The molecule has 3 aromatic rings. The quantitative estimate of drug-likeness (QED) is 0.685. The lowest BCUT2D eigenvalue weighted by molar-refractivity contribution is 0.107. The van der Waals surface area contributed by atoms with E-state index in [2.05, 4.69) is 9.97 Å². The van der Waals surface area contributed by atoms with Gasteiger partial charge in [-0.1, -0.05) is 6.07 Å². The molecule has 4 nitrogen and oxygen atoms in total. The van der Waals surface area contributed by atoms with Gasteiger partial charge in [0, 0.05) is 30.4 Å². The molecule has 3 heterocycles. The van der Waals surface area contributed by atoms with E-state index in [-0.39, 0.29) is 0 Å². The fraction of sp³-hybridized carbons (Fsp3) is 0.0769. The number of nitrogens with zero attached hydrogens (tertiary/aromatic N) is 3. The van der Waals surface area contributed by atoms with Crippen molar-refractivity contribution in [3.8, 4) is 0 Å². The van der Waals surface area contributed by atoms with Gasteiger partial charge in [-0.25, -0.2) is 0 Å². The van der Waals surface area contributed by atoms with Crippen molar-refractivity contribution in [3.05, 3.63) is 60.7 Å². The van der Waals surface area contributed by atoms with Crippen LogP contribution in [0, 0.1) is 0 Å². The van der Waals surface area contributed by atoms with Crippen molar-refractivity contribution in [2.45, 2.75) is 6.61 Å². The minimum atomic E-state index is 0.493. The van der Waals surface area contributed by atoms with Gasteiger partial charge in [-0.3, -0.25) is 9.97 Å². The predicted molar refractivity (Wildman–Crippen MR) is 64.3 cm³/mol. The lowest BCUT2D eigenvalue weighted by Crippen LogP contribution is -2.09. The maximum atomic E-state index is 5.68. The zero-order valence-corrected chi connectivity index (χ0v) is 9.15. The second-order valence-corrected chi connectivity index (χ2v) is 3.68. The van der Waals surface area contributed by atoms with Gasteiger partial charge in [0.25, 0.3) is 0 Å². The van der Waals surface area contributed by atoms with Gasteiger partial charge in [-0.05, 0) is 24.3 Å². The zero-order chi connectivity index (χ0) is 11.5. The summed E-state index contributed by atoms with van der Waals surface area (Å²) in [5, 5.41) is 0. The van der Waals surface area contributed by atoms with E-state index in [1.54, 1.807) is 23.3 Å². The molecule has 0 aliphatic heterocycles. The molecule has 0 fully saturated rings. The Balaban J connectivity index is 1.82. The molecule has 3 aromatic heterocycles. The lowest BCUT2D eigenvalue weighted by Gasteiger charge is -2.07. The van der Waals surface area contributed by atoms with Gasteiger partial charge < -0.3 is 4.84 Å². The number of aromatic nitrogens is 3. The van der Waals surface area contributed by atoms with Crippen LogP contribution < -0.4 is 4.84 Å². The highest BCUT2D eigenvalue weighted by Gasteiger charge is 2.01. The van der Waals surface area contributed by atoms with E-state index in [0.29, 0.717) is 6.61 Å². The molecule has 0 spiro atoms. The number of pyridine rings is 2. The Morgan fingerprint density at radius 1 is 1.12 bits per heavy atom. The van der Waals surface area contributed by atoms with Crippen molar-refractivity contribution >= 4 is 11.0 Å². The summed E-state index contributed by atoms with van der Waals surface area (Å²) in [5.74, 6) is 0. The predicted octanol–water partition coefficient (Wildman–Crippen LogP) is 2.06. The van der Waals surface area contributed by atoms with Crippen molar-refractivity contribution in [2.24, 2.45) is 0 Å². The summed E-state index contributed by atoms with van der Waals surface area (Å²) in [6.45, 7) is 0.493. The molecule has 0 saturated carbocycles. The topological polar surface area (TPSA) is 39.9 Å². The summed E-state index contributed by atoms with van der Waals surface area (Å²) in [7, 11) is 0. The summed E-state index contributed by atoms with van der Waals surface area (Å²) in [6, 6.07) is 9.68. The third kappa shape index (κ3) is 1.97. The second kappa shape index (κ2) is 4.25. The Morgan fingerprint density at radius 3 is 2.94 bits per heavy atom. The minimum absolute atomic E-state index is 0.493. The Morgan fingerprint density at radius 2 is 2.06 bits per heavy atom. The third-order valence-electron chi connectivity index (χ3n) is 2.51. The van der Waals surface area contributed by atoms with Gasteiger partial charge in [-0.15, -0.1) is 0 Å². The van der Waals surface area contributed by atoms with E-state index in [1.165, 1.54) is 0 Å². The van der Waals surface area contributed by atoms with E-state index in [9.17, 15) is 0 Å². The van der Waals surface area contributed by atoms with Crippen LogP contribution in [0.3, 0.4) is 0 Å². The summed E-state index contributed by atoms with van der Waals surface area (Å²) in [6.07, 6.45) is 7.18. The molecule has 17 heavy (non-hydrogen) atoms. The lowest BCUT2D eigenvalue weighted by atomic mass is 10.3. The van der Waals surface area contributed by atoms with E-state index < -0.39 is 0 Å². The van der Waals surface area contributed by atoms with Gasteiger partial charge in [-0.2, -0.15) is 4.73 Å². The van der Waals surface area contributed by atoms with E-state index in [0.717, 1.165) is 16.6 Å². The summed E-state index contributed by atoms with van der Waals surface area (Å²) < 4.78 is 1.73. The first-order chi connectivity index (χ1) is 8.43. The smallest absolute Gasteiger partial charge is 0.141 e. The monoisotopic (exact) mass is 225 g/mol. The minimum Gasteiger partial charge on any atom is -0.409 e. The molecule has 0 bridgehead atoms. The molecule has 0 atom stereocenters. The van der Waals surface area contributed by atoms with E-state index in [1.807, 2.05) is 36.5 Å². The van der Waals surface area contributed by atoms with E-state index >= 15 is 0 Å². The van der Waals surface area contributed by atoms with Crippen LogP contribution in [-0.2, 0) is 6.61 Å². The standard InChI is InChI=1S/C13H11N3O/c1-3-11(9-14-6-1)10-17-16-8-5-12-13(16)4-2-7-15-12/h1-9H,10H2. The third-order valence-corrected chi connectivity index (χ3v) is 2.51. The Labute approximate surface area is 98.5 Å². The average molecular weight is 225 g/mol. The molecule has 84 valence electrons. The molecular formula is C13H11N3O. The SMILES string of the molecule is c1cncc(COn2ccc3ncccc32)c1. The highest BCUT2D eigenvalue weighted by molar-refractivity contribution is 5.74. The Kier molecular flexibility index (Phi) is 2.46. The largest absolute Gasteiger partial charge is 0.409 e. The fourth-order valence-corrected chi connectivity index (χ4v) is 1.68. The average Bonchev–Trinajstić information content (AvgIpc) is 2.81. The van der Waals surface area contributed by atoms with Gasteiger partial charge in [0.15, 0.2) is 0 Å². The van der Waals surface area contributed by atoms with Crippen LogP contribution in [0.1, 0.15) is 5.56 Å². The molecule has 0 N–H and O–H groups in total. The van der Waals surface area contributed by atoms with Crippen molar-refractivity contribution in [3.63, 3.8) is 0 Å². The highest BCUT2D eigenvalue weighted by Crippen LogP contribution is 2.11. The van der Waals surface area contributed by atoms with Gasteiger partial charge >= 0.3 is 0 Å². The molecule has 0 amide bonds. The first-order valence-electron chi connectivity index (χ1n) is 5.38. The zero-order valence-electron chi connectivity index (χ0n) is 9.15. The highest BCUT2D eigenvalue weighted by atomic mass is 16.7. The molecule has 0 unspecified atom stereocenters. The Bertz CT molecular complexity index is 619. The van der Waals surface area contributed by atoms with Crippen molar-refractivity contribution in [1.29, 1.82) is 0 Å².